The van der Waals surface area contributed by atoms with Crippen LogP contribution in [0.15, 0.2) is 30.5 Å². The maximum absolute atomic E-state index is 5.88. The first-order valence-electron chi connectivity index (χ1n) is 5.65. The number of hydrogen-bond acceptors (Lipinski definition) is 4. The number of pyridine rings is 1. The van der Waals surface area contributed by atoms with E-state index in [4.69, 9.17) is 15.2 Å². The van der Waals surface area contributed by atoms with E-state index in [1.165, 1.54) is 0 Å². The van der Waals surface area contributed by atoms with Gasteiger partial charge in [0, 0.05) is 18.0 Å². The first kappa shape index (κ1) is 12.2. The molecule has 94 valence electrons. The fourth-order valence-corrected chi connectivity index (χ4v) is 1.67. The van der Waals surface area contributed by atoms with Crippen molar-refractivity contribution >= 4 is 5.69 Å². The molecule has 0 aliphatic rings. The van der Waals surface area contributed by atoms with E-state index >= 15 is 0 Å². The Morgan fingerprint density at radius 1 is 1.11 bits per heavy atom. The van der Waals surface area contributed by atoms with Crippen molar-refractivity contribution in [3.63, 3.8) is 0 Å². The van der Waals surface area contributed by atoms with Crippen LogP contribution >= 0.6 is 0 Å². The molecule has 0 saturated heterocycles. The van der Waals surface area contributed by atoms with Gasteiger partial charge in [-0.05, 0) is 37.1 Å². The Kier molecular flexibility index (Phi) is 3.37. The zero-order chi connectivity index (χ0) is 13.1. The van der Waals surface area contributed by atoms with Gasteiger partial charge in [0.1, 0.15) is 5.75 Å². The van der Waals surface area contributed by atoms with Crippen LogP contribution in [-0.4, -0.2) is 12.1 Å². The van der Waals surface area contributed by atoms with Crippen LogP contribution in [0.3, 0.4) is 0 Å². The Balaban J connectivity index is 2.37. The van der Waals surface area contributed by atoms with Crippen LogP contribution in [0.2, 0.25) is 0 Å². The van der Waals surface area contributed by atoms with Crippen molar-refractivity contribution in [3.05, 3.63) is 41.6 Å². The molecule has 0 aliphatic carbocycles. The predicted molar refractivity (Wildman–Crippen MR) is 71.2 cm³/mol. The summed E-state index contributed by atoms with van der Waals surface area (Å²) >= 11 is 0. The number of benzene rings is 1. The second-order valence-corrected chi connectivity index (χ2v) is 4.09. The molecular formula is C14H16N2O2. The van der Waals surface area contributed by atoms with Gasteiger partial charge in [0.2, 0.25) is 0 Å². The molecule has 1 aromatic carbocycles. The third-order valence-electron chi connectivity index (χ3n) is 2.73. The summed E-state index contributed by atoms with van der Waals surface area (Å²) in [6, 6.07) is 7.39. The van der Waals surface area contributed by atoms with Gasteiger partial charge in [0.15, 0.2) is 5.75 Å². The van der Waals surface area contributed by atoms with Gasteiger partial charge in [-0.2, -0.15) is 0 Å². The van der Waals surface area contributed by atoms with Crippen molar-refractivity contribution in [2.24, 2.45) is 0 Å². The number of rotatable bonds is 3. The Labute approximate surface area is 106 Å². The zero-order valence-corrected chi connectivity index (χ0v) is 10.7. The lowest BCUT2D eigenvalue weighted by atomic mass is 10.1. The quantitative estimate of drug-likeness (QED) is 0.843. The number of aryl methyl sites for hydroxylation is 2. The molecule has 2 aromatic rings. The number of aromatic nitrogens is 1. The Bertz CT molecular complexity index is 568. The van der Waals surface area contributed by atoms with E-state index in [0.717, 1.165) is 11.1 Å². The average molecular weight is 244 g/mol. The molecule has 0 spiro atoms. The summed E-state index contributed by atoms with van der Waals surface area (Å²) in [5.41, 5.74) is 8.63. The predicted octanol–water partition coefficient (Wildman–Crippen LogP) is 3.08. The summed E-state index contributed by atoms with van der Waals surface area (Å²) in [5, 5.41) is 0. The Morgan fingerprint density at radius 3 is 2.61 bits per heavy atom. The number of nitrogen functional groups attached to an aromatic ring is 1. The lowest BCUT2D eigenvalue weighted by Gasteiger charge is -2.12. The standard InChI is InChI=1S/C14H16N2O2/c1-9-7-10(2)13(8-11(9)15)18-14-12(17-3)5-4-6-16-14/h4-8H,15H2,1-3H3. The lowest BCUT2D eigenvalue weighted by Crippen LogP contribution is -1.97. The van der Waals surface area contributed by atoms with Gasteiger partial charge in [0.05, 0.1) is 7.11 Å². The minimum absolute atomic E-state index is 0.436. The minimum Gasteiger partial charge on any atom is -0.491 e. The Hall–Kier alpha value is -2.23. The smallest absolute Gasteiger partial charge is 0.262 e. The molecule has 0 bridgehead atoms. The maximum atomic E-state index is 5.88. The van der Waals surface area contributed by atoms with E-state index in [9.17, 15) is 0 Å². The molecule has 18 heavy (non-hydrogen) atoms. The highest BCUT2D eigenvalue weighted by atomic mass is 16.5. The maximum Gasteiger partial charge on any atom is 0.262 e. The van der Waals surface area contributed by atoms with E-state index < -0.39 is 0 Å². The van der Waals surface area contributed by atoms with E-state index in [-0.39, 0.29) is 0 Å². The second-order valence-electron chi connectivity index (χ2n) is 4.09. The Morgan fingerprint density at radius 2 is 1.89 bits per heavy atom. The number of anilines is 1. The van der Waals surface area contributed by atoms with Crippen LogP contribution in [-0.2, 0) is 0 Å². The lowest BCUT2D eigenvalue weighted by molar-refractivity contribution is 0.369. The first-order chi connectivity index (χ1) is 8.61. The molecule has 0 unspecified atom stereocenters. The molecule has 0 saturated carbocycles. The fraction of sp³-hybridized carbons (Fsp3) is 0.214. The molecule has 4 heteroatoms. The van der Waals surface area contributed by atoms with Crippen molar-refractivity contribution in [2.45, 2.75) is 13.8 Å². The van der Waals surface area contributed by atoms with E-state index in [1.54, 1.807) is 31.5 Å². The first-order valence-corrected chi connectivity index (χ1v) is 5.65. The van der Waals surface area contributed by atoms with Crippen LogP contribution in [0.5, 0.6) is 17.4 Å². The molecule has 0 fully saturated rings. The van der Waals surface area contributed by atoms with Gasteiger partial charge < -0.3 is 15.2 Å². The number of ether oxygens (including phenoxy) is 2. The molecule has 1 aromatic heterocycles. The molecule has 2 N–H and O–H groups in total. The van der Waals surface area contributed by atoms with Crippen molar-refractivity contribution in [1.82, 2.24) is 4.98 Å². The van der Waals surface area contributed by atoms with Crippen molar-refractivity contribution in [2.75, 3.05) is 12.8 Å². The highest BCUT2D eigenvalue weighted by Gasteiger charge is 2.09. The summed E-state index contributed by atoms with van der Waals surface area (Å²) < 4.78 is 10.9. The van der Waals surface area contributed by atoms with Crippen molar-refractivity contribution < 1.29 is 9.47 Å². The number of nitrogens with zero attached hydrogens (tertiary/aromatic N) is 1. The van der Waals surface area contributed by atoms with Crippen molar-refractivity contribution in [1.29, 1.82) is 0 Å². The minimum atomic E-state index is 0.436. The van der Waals surface area contributed by atoms with Crippen LogP contribution in [0.4, 0.5) is 5.69 Å². The molecule has 0 amide bonds. The monoisotopic (exact) mass is 244 g/mol. The molecule has 0 atom stereocenters. The normalized spacial score (nSPS) is 10.2. The summed E-state index contributed by atoms with van der Waals surface area (Å²) in [6.45, 7) is 3.94. The van der Waals surface area contributed by atoms with Gasteiger partial charge >= 0.3 is 0 Å². The summed E-state index contributed by atoms with van der Waals surface area (Å²) in [6.07, 6.45) is 1.66. The van der Waals surface area contributed by atoms with Crippen LogP contribution in [0.25, 0.3) is 0 Å². The molecule has 2 rings (SSSR count). The van der Waals surface area contributed by atoms with E-state index in [1.807, 2.05) is 19.9 Å². The van der Waals surface area contributed by atoms with Gasteiger partial charge in [0.25, 0.3) is 5.88 Å². The highest BCUT2D eigenvalue weighted by molar-refractivity contribution is 5.55. The van der Waals surface area contributed by atoms with Gasteiger partial charge in [-0.25, -0.2) is 4.98 Å². The van der Waals surface area contributed by atoms with Crippen molar-refractivity contribution in [3.8, 4) is 17.4 Å². The number of nitrogens with two attached hydrogens (primary N) is 1. The third-order valence-corrected chi connectivity index (χ3v) is 2.73. The summed E-state index contributed by atoms with van der Waals surface area (Å²) in [4.78, 5) is 4.15. The van der Waals surface area contributed by atoms with Gasteiger partial charge in [-0.3, -0.25) is 0 Å². The molecular weight excluding hydrogens is 228 g/mol. The molecule has 0 radical (unpaired) electrons. The SMILES string of the molecule is COc1cccnc1Oc1cc(N)c(C)cc1C. The molecule has 4 nitrogen and oxygen atoms in total. The number of hydrogen-bond donors (Lipinski definition) is 1. The fourth-order valence-electron chi connectivity index (χ4n) is 1.67. The second kappa shape index (κ2) is 4.96. The van der Waals surface area contributed by atoms with E-state index in [0.29, 0.717) is 23.1 Å². The van der Waals surface area contributed by atoms with Gasteiger partial charge in [-0.1, -0.05) is 6.07 Å². The van der Waals surface area contributed by atoms with E-state index in [2.05, 4.69) is 4.98 Å². The summed E-state index contributed by atoms with van der Waals surface area (Å²) in [5.74, 6) is 1.72. The van der Waals surface area contributed by atoms with Gasteiger partial charge in [-0.15, -0.1) is 0 Å². The third kappa shape index (κ3) is 2.37. The molecule has 1 heterocycles. The molecule has 0 aliphatic heterocycles. The zero-order valence-electron chi connectivity index (χ0n) is 10.7. The van der Waals surface area contributed by atoms with Crippen LogP contribution < -0.4 is 15.2 Å². The summed E-state index contributed by atoms with van der Waals surface area (Å²) in [7, 11) is 1.58. The topological polar surface area (TPSA) is 57.4 Å². The largest absolute Gasteiger partial charge is 0.491 e. The number of methoxy groups -OCH3 is 1. The van der Waals surface area contributed by atoms with Crippen LogP contribution in [0, 0.1) is 13.8 Å². The highest BCUT2D eigenvalue weighted by Crippen LogP contribution is 2.32. The average Bonchev–Trinajstić information content (AvgIpc) is 2.36. The van der Waals surface area contributed by atoms with Crippen LogP contribution in [0.1, 0.15) is 11.1 Å².